The molecule has 2 aromatic heterocycles. The first-order valence-corrected chi connectivity index (χ1v) is 15.4. The van der Waals surface area contributed by atoms with Gasteiger partial charge in [-0.05, 0) is 94.1 Å². The van der Waals surface area contributed by atoms with Gasteiger partial charge in [-0.2, -0.15) is 5.26 Å². The molecular weight excluding hydrogens is 638 g/mol. The minimum absolute atomic E-state index is 0.0172. The van der Waals surface area contributed by atoms with Crippen LogP contribution in [0.25, 0.3) is 22.4 Å². The Morgan fingerprint density at radius 1 is 1.08 bits per heavy atom. The van der Waals surface area contributed by atoms with Crippen molar-refractivity contribution in [1.29, 1.82) is 5.26 Å². The van der Waals surface area contributed by atoms with Crippen molar-refractivity contribution in [3.63, 3.8) is 0 Å². The van der Waals surface area contributed by atoms with E-state index in [1.54, 1.807) is 75.4 Å². The second-order valence-corrected chi connectivity index (χ2v) is 12.7. The predicted octanol–water partition coefficient (Wildman–Crippen LogP) is 7.41. The fraction of sp³-hybridized carbons (Fsp3) is 0.286. The summed E-state index contributed by atoms with van der Waals surface area (Å²) in [6.07, 6.45) is 1.68. The van der Waals surface area contributed by atoms with Gasteiger partial charge in [0.2, 0.25) is 0 Å². The van der Waals surface area contributed by atoms with Crippen molar-refractivity contribution in [2.75, 3.05) is 24.5 Å². The molecule has 0 unspecified atom stereocenters. The Morgan fingerprint density at radius 2 is 1.85 bits per heavy atom. The number of amides is 3. The van der Waals surface area contributed by atoms with Gasteiger partial charge in [-0.3, -0.25) is 14.5 Å². The molecular formula is C35H34ClN5O7. The smallest absolute Gasteiger partial charge is 0.408 e. The molecule has 12 nitrogen and oxygen atoms in total. The third-order valence-electron chi connectivity index (χ3n) is 7.99. The van der Waals surface area contributed by atoms with Crippen LogP contribution in [0.1, 0.15) is 56.2 Å². The van der Waals surface area contributed by atoms with Crippen molar-refractivity contribution in [1.82, 2.24) is 9.88 Å². The van der Waals surface area contributed by atoms with Crippen molar-refractivity contribution in [2.45, 2.75) is 51.1 Å². The molecule has 0 radical (unpaired) electrons. The average molecular weight is 672 g/mol. The van der Waals surface area contributed by atoms with E-state index >= 15 is 0 Å². The molecule has 3 amide bonds. The average Bonchev–Trinajstić information content (AvgIpc) is 3.56. The highest BCUT2D eigenvalue weighted by Crippen LogP contribution is 2.43. The molecule has 1 aliphatic rings. The van der Waals surface area contributed by atoms with Crippen molar-refractivity contribution >= 4 is 41.0 Å². The number of ether oxygens (including phenoxy) is 2. The summed E-state index contributed by atoms with van der Waals surface area (Å²) in [4.78, 5) is 45.1. The number of anilines is 2. The zero-order valence-electron chi connectivity index (χ0n) is 26.8. The van der Waals surface area contributed by atoms with Gasteiger partial charge in [0.05, 0.1) is 12.0 Å². The highest BCUT2D eigenvalue weighted by atomic mass is 35.5. The second kappa shape index (κ2) is 13.8. The number of carbonyl (C=O) groups excluding carboxylic acids is 2. The number of rotatable bonds is 10. The van der Waals surface area contributed by atoms with Crippen molar-refractivity contribution in [3.05, 3.63) is 83.3 Å². The summed E-state index contributed by atoms with van der Waals surface area (Å²) >= 11 is 6.26. The Balaban J connectivity index is 1.60. The van der Waals surface area contributed by atoms with Crippen LogP contribution in [0.4, 0.5) is 16.3 Å². The highest BCUT2D eigenvalue weighted by molar-refractivity contribution is 6.30. The highest BCUT2D eigenvalue weighted by Gasteiger charge is 2.54. The summed E-state index contributed by atoms with van der Waals surface area (Å²) in [5.74, 6) is -0.725. The standard InChI is InChI=1S/C35H34ClN5O7/c1-34(2,3)41(33(44)45)35(13-7-14-35)32(43)38-23-9-5-8-21(16-23)25-18-27(24-12-11-22(36)17-29(24)48-20-46-4)39-30(26(25)19-37)40-31(42)28-10-6-15-47-28/h5-6,8-12,15-18H,7,13-14,20H2,1-4H3,(H,38,43)(H,44,45)(H,39,40,42). The van der Waals surface area contributed by atoms with Crippen LogP contribution in [0.15, 0.2) is 71.3 Å². The summed E-state index contributed by atoms with van der Waals surface area (Å²) < 4.78 is 16.1. The lowest BCUT2D eigenvalue weighted by atomic mass is 9.72. The molecule has 3 N–H and O–H groups in total. The molecule has 1 saturated carbocycles. The first-order chi connectivity index (χ1) is 22.9. The first kappa shape index (κ1) is 34.0. The molecule has 2 heterocycles. The molecule has 1 aliphatic carbocycles. The molecule has 0 bridgehead atoms. The summed E-state index contributed by atoms with van der Waals surface area (Å²) in [5, 5.41) is 26.5. The van der Waals surface area contributed by atoms with Gasteiger partial charge in [0.25, 0.3) is 11.8 Å². The molecule has 2 aromatic carbocycles. The fourth-order valence-electron chi connectivity index (χ4n) is 5.83. The molecule has 13 heteroatoms. The molecule has 4 aromatic rings. The van der Waals surface area contributed by atoms with Crippen LogP contribution in [-0.2, 0) is 9.53 Å². The van der Waals surface area contributed by atoms with Crippen LogP contribution < -0.4 is 15.4 Å². The van der Waals surface area contributed by atoms with Crippen LogP contribution in [0.2, 0.25) is 5.02 Å². The van der Waals surface area contributed by atoms with E-state index in [4.69, 9.17) is 25.5 Å². The van der Waals surface area contributed by atoms with E-state index in [9.17, 15) is 24.8 Å². The Kier molecular flexibility index (Phi) is 9.74. The number of hydrogen-bond acceptors (Lipinski definition) is 8. The van der Waals surface area contributed by atoms with Crippen molar-refractivity contribution in [3.8, 4) is 34.2 Å². The Bertz CT molecular complexity index is 1890. The lowest BCUT2D eigenvalue weighted by Gasteiger charge is -2.52. The molecule has 0 aliphatic heterocycles. The zero-order valence-corrected chi connectivity index (χ0v) is 27.6. The Labute approximate surface area is 282 Å². The van der Waals surface area contributed by atoms with E-state index in [0.717, 1.165) is 0 Å². The topological polar surface area (TPSA) is 167 Å². The van der Waals surface area contributed by atoms with Gasteiger partial charge < -0.3 is 29.6 Å². The quantitative estimate of drug-likeness (QED) is 0.145. The number of halogens is 1. The van der Waals surface area contributed by atoms with E-state index in [-0.39, 0.29) is 23.9 Å². The van der Waals surface area contributed by atoms with Crippen LogP contribution in [-0.4, -0.2) is 57.9 Å². The predicted molar refractivity (Wildman–Crippen MR) is 179 cm³/mol. The van der Waals surface area contributed by atoms with E-state index < -0.39 is 29.0 Å². The minimum Gasteiger partial charge on any atom is -0.467 e. The molecule has 0 saturated heterocycles. The van der Waals surface area contributed by atoms with E-state index in [1.807, 2.05) is 0 Å². The molecule has 248 valence electrons. The van der Waals surface area contributed by atoms with Gasteiger partial charge in [-0.1, -0.05) is 23.7 Å². The first-order valence-electron chi connectivity index (χ1n) is 15.0. The maximum absolute atomic E-state index is 13.8. The zero-order chi connectivity index (χ0) is 34.6. The van der Waals surface area contributed by atoms with Gasteiger partial charge in [-0.15, -0.1) is 0 Å². The summed E-state index contributed by atoms with van der Waals surface area (Å²) in [6.45, 7) is 5.20. The van der Waals surface area contributed by atoms with E-state index in [0.29, 0.717) is 58.1 Å². The van der Waals surface area contributed by atoms with Crippen molar-refractivity contribution < 1.29 is 33.4 Å². The number of carboxylic acid groups (broad SMARTS) is 1. The Morgan fingerprint density at radius 3 is 2.46 bits per heavy atom. The molecule has 1 fully saturated rings. The number of nitrogens with zero attached hydrogens (tertiary/aromatic N) is 3. The van der Waals surface area contributed by atoms with Crippen LogP contribution in [0.3, 0.4) is 0 Å². The van der Waals surface area contributed by atoms with Crippen LogP contribution >= 0.6 is 11.6 Å². The SMILES string of the molecule is COCOc1cc(Cl)ccc1-c1cc(-c2cccc(NC(=O)C3(N(C(=O)O)C(C)(C)C)CCC3)c2)c(C#N)c(NC(=O)c2ccco2)n1. The van der Waals surface area contributed by atoms with Crippen LogP contribution in [0, 0.1) is 11.3 Å². The molecule has 48 heavy (non-hydrogen) atoms. The van der Waals surface area contributed by atoms with Gasteiger partial charge >= 0.3 is 6.09 Å². The van der Waals surface area contributed by atoms with Gasteiger partial charge in [0.15, 0.2) is 18.4 Å². The van der Waals surface area contributed by atoms with E-state index in [1.165, 1.54) is 24.3 Å². The lowest BCUT2D eigenvalue weighted by molar-refractivity contribution is -0.137. The number of carbonyl (C=O) groups is 3. The number of benzene rings is 2. The second-order valence-electron chi connectivity index (χ2n) is 12.2. The molecule has 0 atom stereocenters. The van der Waals surface area contributed by atoms with Gasteiger partial charge in [0, 0.05) is 34.5 Å². The Hall–Kier alpha value is -5.38. The normalized spacial score (nSPS) is 13.5. The monoisotopic (exact) mass is 671 g/mol. The third kappa shape index (κ3) is 6.83. The number of aromatic nitrogens is 1. The number of hydrogen-bond donors (Lipinski definition) is 3. The van der Waals surface area contributed by atoms with Crippen LogP contribution in [0.5, 0.6) is 5.75 Å². The third-order valence-corrected chi connectivity index (χ3v) is 8.22. The number of nitrogens with one attached hydrogen (secondary N) is 2. The van der Waals surface area contributed by atoms with E-state index in [2.05, 4.69) is 21.7 Å². The van der Waals surface area contributed by atoms with Crippen molar-refractivity contribution in [2.24, 2.45) is 0 Å². The summed E-state index contributed by atoms with van der Waals surface area (Å²) in [5.41, 5.74) is 0.153. The largest absolute Gasteiger partial charge is 0.467 e. The fourth-order valence-corrected chi connectivity index (χ4v) is 5.99. The van der Waals surface area contributed by atoms with Gasteiger partial charge in [-0.25, -0.2) is 9.78 Å². The summed E-state index contributed by atoms with van der Waals surface area (Å²) in [6, 6.07) is 18.6. The van der Waals surface area contributed by atoms with Gasteiger partial charge in [0.1, 0.15) is 22.9 Å². The minimum atomic E-state index is -1.22. The summed E-state index contributed by atoms with van der Waals surface area (Å²) in [7, 11) is 1.48. The lowest BCUT2D eigenvalue weighted by Crippen LogP contribution is -2.67. The molecule has 5 rings (SSSR count). The maximum Gasteiger partial charge on any atom is 0.408 e. The number of furan rings is 1. The number of nitriles is 1. The number of pyridine rings is 1. The number of methoxy groups -OCH3 is 1. The maximum atomic E-state index is 13.8. The molecule has 0 spiro atoms.